The molecule has 0 unspecified atom stereocenters. The fraction of sp³-hybridized carbons (Fsp3) is 0.211. The van der Waals surface area contributed by atoms with E-state index in [2.05, 4.69) is 32.3 Å². The molecule has 26 heavy (non-hydrogen) atoms. The number of rotatable bonds is 4. The number of amides is 1. The number of aromatic nitrogens is 2. The van der Waals surface area contributed by atoms with Gasteiger partial charge in [-0.15, -0.1) is 0 Å². The number of carbonyl (C=O) groups is 1. The summed E-state index contributed by atoms with van der Waals surface area (Å²) in [5, 5.41) is 4.10. The lowest BCUT2D eigenvalue weighted by Crippen LogP contribution is -2.36. The highest BCUT2D eigenvalue weighted by Crippen LogP contribution is 2.25. The Morgan fingerprint density at radius 3 is 2.50 bits per heavy atom. The lowest BCUT2D eigenvalue weighted by Gasteiger charge is -2.28. The van der Waals surface area contributed by atoms with Crippen LogP contribution in [0.2, 0.25) is 0 Å². The molecule has 1 aliphatic heterocycles. The Morgan fingerprint density at radius 2 is 1.77 bits per heavy atom. The third kappa shape index (κ3) is 3.29. The lowest BCUT2D eigenvalue weighted by molar-refractivity contribution is 0.0991. The van der Waals surface area contributed by atoms with Crippen molar-refractivity contribution in [1.29, 1.82) is 0 Å². The lowest BCUT2D eigenvalue weighted by atomic mass is 10.2. The largest absolute Gasteiger partial charge is 0.378 e. The second kappa shape index (κ2) is 6.97. The van der Waals surface area contributed by atoms with Crippen molar-refractivity contribution in [1.82, 2.24) is 9.97 Å². The first-order valence-electron chi connectivity index (χ1n) is 8.47. The minimum Gasteiger partial charge on any atom is -0.378 e. The molecule has 0 saturated carbocycles. The average molecular weight is 349 g/mol. The highest BCUT2D eigenvalue weighted by Gasteiger charge is 2.13. The number of hydrogen-bond acceptors (Lipinski definition) is 6. The quantitative estimate of drug-likeness (QED) is 0.751. The summed E-state index contributed by atoms with van der Waals surface area (Å²) in [5.41, 5.74) is 8.07. The zero-order valence-electron chi connectivity index (χ0n) is 14.2. The minimum absolute atomic E-state index is 0.00358. The van der Waals surface area contributed by atoms with Crippen molar-refractivity contribution in [2.75, 3.05) is 36.5 Å². The van der Waals surface area contributed by atoms with E-state index < -0.39 is 5.91 Å². The number of ether oxygens (including phenoxy) is 1. The molecule has 0 atom stereocenters. The molecule has 0 radical (unpaired) electrons. The number of carbonyl (C=O) groups excluding carboxylic acids is 1. The average Bonchev–Trinajstić information content (AvgIpc) is 2.69. The molecule has 7 nitrogen and oxygen atoms in total. The smallest absolute Gasteiger partial charge is 0.286 e. The molecule has 1 aromatic heterocycles. The van der Waals surface area contributed by atoms with Gasteiger partial charge in [-0.3, -0.25) is 4.79 Å². The summed E-state index contributed by atoms with van der Waals surface area (Å²) in [6.45, 7) is 3.29. The number of nitrogens with zero attached hydrogens (tertiary/aromatic N) is 3. The van der Waals surface area contributed by atoms with Crippen LogP contribution in [-0.4, -0.2) is 42.2 Å². The molecular weight excluding hydrogens is 330 g/mol. The van der Waals surface area contributed by atoms with Crippen LogP contribution in [0.3, 0.4) is 0 Å². The van der Waals surface area contributed by atoms with Gasteiger partial charge in [-0.25, -0.2) is 9.97 Å². The fourth-order valence-electron chi connectivity index (χ4n) is 3.00. The number of para-hydroxylation sites is 1. The Kier molecular flexibility index (Phi) is 4.37. The van der Waals surface area contributed by atoms with E-state index in [1.54, 1.807) is 0 Å². The van der Waals surface area contributed by atoms with E-state index in [-0.39, 0.29) is 5.82 Å². The molecule has 3 aromatic rings. The molecule has 2 aromatic carbocycles. The van der Waals surface area contributed by atoms with Crippen molar-refractivity contribution >= 4 is 34.0 Å². The van der Waals surface area contributed by atoms with Crippen LogP contribution in [0.4, 0.5) is 17.2 Å². The molecule has 0 aliphatic carbocycles. The molecule has 7 heteroatoms. The van der Waals surface area contributed by atoms with Crippen LogP contribution in [0.1, 0.15) is 10.6 Å². The highest BCUT2D eigenvalue weighted by molar-refractivity contribution is 5.96. The molecule has 0 bridgehead atoms. The fourth-order valence-corrected chi connectivity index (χ4v) is 3.00. The van der Waals surface area contributed by atoms with Gasteiger partial charge in [-0.2, -0.15) is 0 Å². The number of nitrogens with one attached hydrogen (secondary N) is 1. The van der Waals surface area contributed by atoms with E-state index in [1.807, 2.05) is 36.4 Å². The summed E-state index contributed by atoms with van der Waals surface area (Å²) in [5.74, 6) is -0.0962. The van der Waals surface area contributed by atoms with E-state index in [9.17, 15) is 4.79 Å². The second-order valence-electron chi connectivity index (χ2n) is 6.05. The van der Waals surface area contributed by atoms with Gasteiger partial charge in [0.05, 0.1) is 18.7 Å². The maximum atomic E-state index is 11.5. The minimum atomic E-state index is -0.651. The number of anilines is 3. The molecule has 3 N–H and O–H groups in total. The summed E-state index contributed by atoms with van der Waals surface area (Å²) in [6, 6.07) is 15.6. The maximum Gasteiger partial charge on any atom is 0.286 e. The Hall–Kier alpha value is -3.19. The van der Waals surface area contributed by atoms with Crippen LogP contribution < -0.4 is 16.0 Å². The van der Waals surface area contributed by atoms with Gasteiger partial charge in [0.25, 0.3) is 5.91 Å². The van der Waals surface area contributed by atoms with E-state index in [4.69, 9.17) is 10.5 Å². The number of fused-ring (bicyclic) bond motifs is 1. The Bertz CT molecular complexity index is 936. The van der Waals surface area contributed by atoms with Crippen LogP contribution in [0.5, 0.6) is 0 Å². The highest BCUT2D eigenvalue weighted by atomic mass is 16.5. The maximum absolute atomic E-state index is 11.5. The van der Waals surface area contributed by atoms with Gasteiger partial charge >= 0.3 is 0 Å². The third-order valence-electron chi connectivity index (χ3n) is 4.33. The van der Waals surface area contributed by atoms with E-state index in [0.717, 1.165) is 43.1 Å². The van der Waals surface area contributed by atoms with Crippen LogP contribution in [-0.2, 0) is 4.74 Å². The molecule has 1 saturated heterocycles. The molecule has 1 fully saturated rings. The molecule has 132 valence electrons. The summed E-state index contributed by atoms with van der Waals surface area (Å²) >= 11 is 0. The second-order valence-corrected chi connectivity index (χ2v) is 6.05. The topological polar surface area (TPSA) is 93.4 Å². The Labute approximate surface area is 150 Å². The van der Waals surface area contributed by atoms with Gasteiger partial charge in [0.2, 0.25) is 5.82 Å². The van der Waals surface area contributed by atoms with Crippen LogP contribution >= 0.6 is 0 Å². The predicted octanol–water partition coefficient (Wildman–Crippen LogP) is 2.31. The zero-order chi connectivity index (χ0) is 17.9. The number of nitrogens with two attached hydrogens (primary N) is 1. The van der Waals surface area contributed by atoms with Crippen molar-refractivity contribution in [2.24, 2.45) is 5.73 Å². The van der Waals surface area contributed by atoms with Crippen LogP contribution in [0.15, 0.2) is 48.5 Å². The summed E-state index contributed by atoms with van der Waals surface area (Å²) < 4.78 is 5.39. The number of hydrogen-bond donors (Lipinski definition) is 2. The van der Waals surface area contributed by atoms with Crippen molar-refractivity contribution in [3.63, 3.8) is 0 Å². The van der Waals surface area contributed by atoms with Crippen LogP contribution in [0, 0.1) is 0 Å². The number of morpholine rings is 1. The zero-order valence-corrected chi connectivity index (χ0v) is 14.2. The summed E-state index contributed by atoms with van der Waals surface area (Å²) in [4.78, 5) is 22.3. The van der Waals surface area contributed by atoms with Gasteiger partial charge < -0.3 is 20.7 Å². The molecule has 1 amide bonds. The SMILES string of the molecule is NC(=O)c1nc(Nc2ccc(N3CCOCC3)cc2)c2ccccc2n1. The third-order valence-corrected chi connectivity index (χ3v) is 4.33. The molecule has 0 spiro atoms. The normalized spacial score (nSPS) is 14.4. The van der Waals surface area contributed by atoms with E-state index in [0.29, 0.717) is 11.3 Å². The Balaban J connectivity index is 1.63. The van der Waals surface area contributed by atoms with Crippen molar-refractivity contribution in [3.05, 3.63) is 54.4 Å². The van der Waals surface area contributed by atoms with E-state index >= 15 is 0 Å². The first-order valence-corrected chi connectivity index (χ1v) is 8.47. The molecule has 2 heterocycles. The van der Waals surface area contributed by atoms with Gasteiger partial charge in [-0.1, -0.05) is 12.1 Å². The van der Waals surface area contributed by atoms with Gasteiger partial charge in [-0.05, 0) is 36.4 Å². The van der Waals surface area contributed by atoms with Crippen LogP contribution in [0.25, 0.3) is 10.9 Å². The molecule has 1 aliphatic rings. The van der Waals surface area contributed by atoms with Crippen molar-refractivity contribution < 1.29 is 9.53 Å². The van der Waals surface area contributed by atoms with Gasteiger partial charge in [0, 0.05) is 29.9 Å². The molecular formula is C19H19N5O2. The summed E-state index contributed by atoms with van der Waals surface area (Å²) in [6.07, 6.45) is 0. The van der Waals surface area contributed by atoms with E-state index in [1.165, 1.54) is 0 Å². The monoisotopic (exact) mass is 349 g/mol. The van der Waals surface area contributed by atoms with Crippen molar-refractivity contribution in [2.45, 2.75) is 0 Å². The Morgan fingerprint density at radius 1 is 1.04 bits per heavy atom. The number of primary amides is 1. The van der Waals surface area contributed by atoms with Gasteiger partial charge in [0.1, 0.15) is 5.82 Å². The first kappa shape index (κ1) is 16.3. The standard InChI is InChI=1S/C19H19N5O2/c20-17(25)19-22-16-4-2-1-3-15(16)18(23-19)21-13-5-7-14(8-6-13)24-9-11-26-12-10-24/h1-8H,9-12H2,(H2,20,25)(H,21,22,23). The summed E-state index contributed by atoms with van der Waals surface area (Å²) in [7, 11) is 0. The number of benzene rings is 2. The predicted molar refractivity (Wildman–Crippen MR) is 101 cm³/mol. The van der Waals surface area contributed by atoms with Crippen molar-refractivity contribution in [3.8, 4) is 0 Å². The van der Waals surface area contributed by atoms with Gasteiger partial charge in [0.15, 0.2) is 0 Å². The first-order chi connectivity index (χ1) is 12.7. The molecule has 4 rings (SSSR count).